The van der Waals surface area contributed by atoms with E-state index in [-0.39, 0.29) is 11.9 Å². The molecule has 2 rings (SSSR count). The van der Waals surface area contributed by atoms with Crippen LogP contribution in [0.1, 0.15) is 42.8 Å². The second kappa shape index (κ2) is 5.57. The van der Waals surface area contributed by atoms with Crippen LogP contribution < -0.4 is 5.32 Å². The van der Waals surface area contributed by atoms with E-state index in [0.29, 0.717) is 11.6 Å². The van der Waals surface area contributed by atoms with Crippen LogP contribution in [0.25, 0.3) is 0 Å². The summed E-state index contributed by atoms with van der Waals surface area (Å²) in [5.74, 6) is 0.844. The molecule has 1 aliphatic heterocycles. The van der Waals surface area contributed by atoms with Gasteiger partial charge in [0.1, 0.15) is 12.0 Å². The molecule has 0 saturated carbocycles. The van der Waals surface area contributed by atoms with Crippen molar-refractivity contribution < 1.29 is 9.21 Å². The summed E-state index contributed by atoms with van der Waals surface area (Å²) in [6.07, 6.45) is 3.91. The van der Waals surface area contributed by atoms with Crippen LogP contribution in [0, 0.1) is 6.92 Å². The van der Waals surface area contributed by atoms with E-state index < -0.39 is 0 Å². The third-order valence-corrected chi connectivity index (χ3v) is 3.44. The summed E-state index contributed by atoms with van der Waals surface area (Å²) in [5.41, 5.74) is 0.652. The van der Waals surface area contributed by atoms with Crippen molar-refractivity contribution in [3.8, 4) is 0 Å². The van der Waals surface area contributed by atoms with Crippen LogP contribution >= 0.6 is 0 Å². The monoisotopic (exact) mass is 250 g/mol. The normalized spacial score (nSPS) is 19.4. The fraction of sp³-hybridized carbons (Fsp3) is 0.643. The fourth-order valence-electron chi connectivity index (χ4n) is 2.40. The molecule has 0 aromatic carbocycles. The molecular weight excluding hydrogens is 228 g/mol. The third-order valence-electron chi connectivity index (χ3n) is 3.44. The Kier molecular flexibility index (Phi) is 4.07. The molecule has 18 heavy (non-hydrogen) atoms. The first kappa shape index (κ1) is 13.1. The molecule has 1 atom stereocenters. The third kappa shape index (κ3) is 2.93. The minimum atomic E-state index is 0.0653. The Morgan fingerprint density at radius 2 is 2.39 bits per heavy atom. The smallest absolute Gasteiger partial charge is 0.257 e. The predicted molar refractivity (Wildman–Crippen MR) is 70.6 cm³/mol. The van der Waals surface area contributed by atoms with Gasteiger partial charge in [0.15, 0.2) is 0 Å². The van der Waals surface area contributed by atoms with Crippen molar-refractivity contribution in [1.82, 2.24) is 10.2 Å². The molecular formula is C14H22N2O2. The van der Waals surface area contributed by atoms with Gasteiger partial charge in [0.25, 0.3) is 5.91 Å². The van der Waals surface area contributed by atoms with Crippen LogP contribution in [-0.2, 0) is 0 Å². The summed E-state index contributed by atoms with van der Waals surface area (Å²) in [6.45, 7) is 7.81. The highest BCUT2D eigenvalue weighted by Gasteiger charge is 2.25. The maximum atomic E-state index is 12.4. The van der Waals surface area contributed by atoms with Gasteiger partial charge in [0, 0.05) is 18.6 Å². The molecule has 100 valence electrons. The molecule has 0 spiro atoms. The molecule has 2 heterocycles. The molecule has 1 unspecified atom stereocenters. The maximum Gasteiger partial charge on any atom is 0.257 e. The number of aryl methyl sites for hydroxylation is 1. The zero-order chi connectivity index (χ0) is 13.1. The van der Waals surface area contributed by atoms with Gasteiger partial charge in [-0.2, -0.15) is 0 Å². The second-order valence-corrected chi connectivity index (χ2v) is 5.29. The Labute approximate surface area is 108 Å². The predicted octanol–water partition coefficient (Wildman–Crippen LogP) is 2.19. The zero-order valence-corrected chi connectivity index (χ0v) is 11.4. The van der Waals surface area contributed by atoms with Crippen molar-refractivity contribution in [3.05, 3.63) is 23.7 Å². The van der Waals surface area contributed by atoms with Crippen molar-refractivity contribution in [2.24, 2.45) is 0 Å². The van der Waals surface area contributed by atoms with E-state index in [1.165, 1.54) is 6.42 Å². The molecule has 1 N–H and O–H groups in total. The second-order valence-electron chi connectivity index (χ2n) is 5.29. The van der Waals surface area contributed by atoms with Crippen LogP contribution in [0.2, 0.25) is 0 Å². The Hall–Kier alpha value is -1.29. The fourth-order valence-corrected chi connectivity index (χ4v) is 2.40. The van der Waals surface area contributed by atoms with Gasteiger partial charge in [-0.25, -0.2) is 0 Å². The highest BCUT2D eigenvalue weighted by Crippen LogP contribution is 2.15. The molecule has 1 aliphatic rings. The molecule has 0 bridgehead atoms. The molecule has 1 aromatic heterocycles. The SMILES string of the molecule is Cc1cc(C(=O)N(CC2CCCN2)C(C)C)co1. The summed E-state index contributed by atoms with van der Waals surface area (Å²) < 4.78 is 5.22. The Balaban J connectivity index is 2.06. The standard InChI is InChI=1S/C14H22N2O2/c1-10(2)16(8-13-5-4-6-15-13)14(17)12-7-11(3)18-9-12/h7,9-10,13,15H,4-6,8H2,1-3H3. The summed E-state index contributed by atoms with van der Waals surface area (Å²) in [7, 11) is 0. The number of carbonyl (C=O) groups excluding carboxylic acids is 1. The number of amides is 1. The lowest BCUT2D eigenvalue weighted by molar-refractivity contribution is 0.0688. The Morgan fingerprint density at radius 1 is 1.61 bits per heavy atom. The lowest BCUT2D eigenvalue weighted by atomic mass is 10.1. The first-order valence-corrected chi connectivity index (χ1v) is 6.67. The molecule has 0 aliphatic carbocycles. The van der Waals surface area contributed by atoms with Crippen molar-refractivity contribution in [3.63, 3.8) is 0 Å². The highest BCUT2D eigenvalue weighted by molar-refractivity contribution is 5.94. The van der Waals surface area contributed by atoms with Gasteiger partial charge in [-0.05, 0) is 46.2 Å². The summed E-state index contributed by atoms with van der Waals surface area (Å²) in [4.78, 5) is 14.3. The minimum Gasteiger partial charge on any atom is -0.469 e. The van der Waals surface area contributed by atoms with E-state index in [1.54, 1.807) is 12.3 Å². The first-order valence-electron chi connectivity index (χ1n) is 6.67. The largest absolute Gasteiger partial charge is 0.469 e. The number of rotatable bonds is 4. The summed E-state index contributed by atoms with van der Waals surface area (Å²) >= 11 is 0. The van der Waals surface area contributed by atoms with Crippen molar-refractivity contribution in [2.75, 3.05) is 13.1 Å². The molecule has 1 fully saturated rings. The van der Waals surface area contributed by atoms with Gasteiger partial charge in [-0.15, -0.1) is 0 Å². The van der Waals surface area contributed by atoms with E-state index in [2.05, 4.69) is 19.2 Å². The van der Waals surface area contributed by atoms with Crippen molar-refractivity contribution in [1.29, 1.82) is 0 Å². The number of furan rings is 1. The Morgan fingerprint density at radius 3 is 2.89 bits per heavy atom. The lowest BCUT2D eigenvalue weighted by Gasteiger charge is -2.29. The average Bonchev–Trinajstić information content (AvgIpc) is 2.95. The van der Waals surface area contributed by atoms with Gasteiger partial charge in [-0.3, -0.25) is 4.79 Å². The van der Waals surface area contributed by atoms with Gasteiger partial charge < -0.3 is 14.6 Å². The summed E-state index contributed by atoms with van der Waals surface area (Å²) in [6, 6.07) is 2.44. The van der Waals surface area contributed by atoms with Crippen LogP contribution in [0.5, 0.6) is 0 Å². The van der Waals surface area contributed by atoms with Gasteiger partial charge in [-0.1, -0.05) is 0 Å². The van der Waals surface area contributed by atoms with Gasteiger partial charge in [0.05, 0.1) is 5.56 Å². The van der Waals surface area contributed by atoms with Gasteiger partial charge in [0.2, 0.25) is 0 Å². The van der Waals surface area contributed by atoms with Crippen LogP contribution in [-0.4, -0.2) is 36.0 Å². The molecule has 1 amide bonds. The van der Waals surface area contributed by atoms with Crippen LogP contribution in [0.15, 0.2) is 16.7 Å². The molecule has 4 nitrogen and oxygen atoms in total. The number of hydrogen-bond donors (Lipinski definition) is 1. The van der Waals surface area contributed by atoms with E-state index in [1.807, 2.05) is 11.8 Å². The molecule has 1 saturated heterocycles. The highest BCUT2D eigenvalue weighted by atomic mass is 16.3. The zero-order valence-electron chi connectivity index (χ0n) is 11.4. The van der Waals surface area contributed by atoms with Gasteiger partial charge >= 0.3 is 0 Å². The number of nitrogens with one attached hydrogen (secondary N) is 1. The van der Waals surface area contributed by atoms with Crippen molar-refractivity contribution >= 4 is 5.91 Å². The van der Waals surface area contributed by atoms with E-state index in [9.17, 15) is 4.79 Å². The van der Waals surface area contributed by atoms with E-state index >= 15 is 0 Å². The topological polar surface area (TPSA) is 45.5 Å². The van der Waals surface area contributed by atoms with Crippen molar-refractivity contribution in [2.45, 2.75) is 45.7 Å². The number of nitrogens with zero attached hydrogens (tertiary/aromatic N) is 1. The quantitative estimate of drug-likeness (QED) is 0.891. The van der Waals surface area contributed by atoms with Crippen LogP contribution in [0.4, 0.5) is 0 Å². The van der Waals surface area contributed by atoms with Crippen LogP contribution in [0.3, 0.4) is 0 Å². The minimum absolute atomic E-state index is 0.0653. The molecule has 0 radical (unpaired) electrons. The lowest BCUT2D eigenvalue weighted by Crippen LogP contribution is -2.44. The number of hydrogen-bond acceptors (Lipinski definition) is 3. The summed E-state index contributed by atoms with van der Waals surface area (Å²) in [5, 5.41) is 3.44. The van der Waals surface area contributed by atoms with E-state index in [0.717, 1.165) is 25.3 Å². The molecule has 4 heteroatoms. The maximum absolute atomic E-state index is 12.4. The average molecular weight is 250 g/mol. The van der Waals surface area contributed by atoms with E-state index in [4.69, 9.17) is 4.42 Å². The number of carbonyl (C=O) groups is 1. The first-order chi connectivity index (χ1) is 8.58. The molecule has 1 aromatic rings. The Bertz CT molecular complexity index is 406.